The van der Waals surface area contributed by atoms with Crippen molar-refractivity contribution in [2.75, 3.05) is 0 Å². The summed E-state index contributed by atoms with van der Waals surface area (Å²) >= 11 is 0. The first kappa shape index (κ1) is 23.4. The molecular formula is C30H29OP. The second kappa shape index (κ2) is 13.2. The van der Waals surface area contributed by atoms with Crippen LogP contribution in [0.25, 0.3) is 12.2 Å². The van der Waals surface area contributed by atoms with Crippen molar-refractivity contribution in [2.24, 2.45) is 0 Å². The highest BCUT2D eigenvalue weighted by atomic mass is 31.1. The summed E-state index contributed by atoms with van der Waals surface area (Å²) < 4.78 is 5.80. The molecule has 4 aromatic rings. The maximum Gasteiger partial charge on any atom is 0.0727 e. The Hall–Kier alpha value is -3.25. The molecule has 4 rings (SSSR count). The topological polar surface area (TPSA) is 9.23 Å². The Balaban J connectivity index is 0.000000193. The van der Waals surface area contributed by atoms with E-state index in [1.807, 2.05) is 48.6 Å². The predicted molar refractivity (Wildman–Crippen MR) is 142 cm³/mol. The molecule has 0 N–H and O–H groups in total. The summed E-state index contributed by atoms with van der Waals surface area (Å²) in [6.45, 7) is 8.81. The van der Waals surface area contributed by atoms with E-state index in [1.54, 1.807) is 0 Å². The molecule has 0 aliphatic rings. The Morgan fingerprint density at radius 1 is 0.531 bits per heavy atom. The molecule has 0 aliphatic heterocycles. The number of ether oxygens (including phenoxy) is 1. The standard InChI is InChI=1S/C18H18O.C12H11P/c1-3-15-9-5-7-11-17(15)13-19-14-18-12-8-6-10-16(18)4-2;1-3-7-11(8-4-1)13-12-9-5-2-6-10-12/h3-12H,1-2,13-14H2;1-10,13H. The Bertz CT molecular complexity index is 1010. The van der Waals surface area contributed by atoms with Crippen molar-refractivity contribution in [3.63, 3.8) is 0 Å². The monoisotopic (exact) mass is 436 g/mol. The van der Waals surface area contributed by atoms with Gasteiger partial charge in [0.15, 0.2) is 0 Å². The van der Waals surface area contributed by atoms with Crippen molar-refractivity contribution in [1.82, 2.24) is 0 Å². The lowest BCUT2D eigenvalue weighted by Crippen LogP contribution is -2.01. The Kier molecular flexibility index (Phi) is 9.68. The SMILES string of the molecule is C=Cc1ccccc1COCc1ccccc1C=C.c1ccc(Pc2ccccc2)cc1. The van der Waals surface area contributed by atoms with Gasteiger partial charge in [-0.05, 0) is 32.9 Å². The minimum Gasteiger partial charge on any atom is -0.372 e. The first-order chi connectivity index (χ1) is 15.8. The maximum absolute atomic E-state index is 5.80. The smallest absolute Gasteiger partial charge is 0.0727 e. The van der Waals surface area contributed by atoms with Crippen molar-refractivity contribution in [1.29, 1.82) is 0 Å². The van der Waals surface area contributed by atoms with Crippen molar-refractivity contribution in [3.8, 4) is 0 Å². The van der Waals surface area contributed by atoms with Crippen LogP contribution in [-0.4, -0.2) is 0 Å². The van der Waals surface area contributed by atoms with E-state index in [0.29, 0.717) is 13.2 Å². The molecule has 0 saturated heterocycles. The molecule has 0 atom stereocenters. The molecule has 0 fully saturated rings. The van der Waals surface area contributed by atoms with Gasteiger partial charge in [0.2, 0.25) is 0 Å². The van der Waals surface area contributed by atoms with E-state index in [2.05, 4.69) is 86.0 Å². The molecule has 32 heavy (non-hydrogen) atoms. The Morgan fingerprint density at radius 3 is 1.31 bits per heavy atom. The fourth-order valence-corrected chi connectivity index (χ4v) is 4.26. The highest BCUT2D eigenvalue weighted by molar-refractivity contribution is 7.55. The van der Waals surface area contributed by atoms with Crippen LogP contribution in [0.3, 0.4) is 0 Å². The third-order valence-corrected chi connectivity index (χ3v) is 6.15. The molecule has 0 radical (unpaired) electrons. The van der Waals surface area contributed by atoms with Crippen molar-refractivity contribution in [3.05, 3.63) is 145 Å². The zero-order chi connectivity index (χ0) is 22.4. The molecule has 1 nitrogen and oxygen atoms in total. The zero-order valence-electron chi connectivity index (χ0n) is 18.3. The van der Waals surface area contributed by atoms with Gasteiger partial charge in [-0.3, -0.25) is 0 Å². The second-order valence-corrected chi connectivity index (χ2v) is 8.56. The Labute approximate surface area is 193 Å². The van der Waals surface area contributed by atoms with Crippen LogP contribution in [0, 0.1) is 0 Å². The summed E-state index contributed by atoms with van der Waals surface area (Å²) in [5.41, 5.74) is 4.57. The second-order valence-electron chi connectivity index (χ2n) is 7.16. The first-order valence-electron chi connectivity index (χ1n) is 10.7. The summed E-state index contributed by atoms with van der Waals surface area (Å²) in [4.78, 5) is 0. The lowest BCUT2D eigenvalue weighted by Gasteiger charge is -2.09. The van der Waals surface area contributed by atoms with Gasteiger partial charge >= 0.3 is 0 Å². The number of benzene rings is 4. The molecule has 0 aromatic heterocycles. The first-order valence-corrected chi connectivity index (χ1v) is 11.7. The normalized spacial score (nSPS) is 10.0. The van der Waals surface area contributed by atoms with Crippen molar-refractivity contribution < 1.29 is 4.74 Å². The average molecular weight is 437 g/mol. The van der Waals surface area contributed by atoms with Gasteiger partial charge in [0.25, 0.3) is 0 Å². The highest BCUT2D eigenvalue weighted by Gasteiger charge is 2.01. The molecule has 2 heteroatoms. The fourth-order valence-electron chi connectivity index (χ4n) is 3.21. The molecule has 4 aromatic carbocycles. The third-order valence-electron chi connectivity index (χ3n) is 4.90. The van der Waals surface area contributed by atoms with E-state index in [1.165, 1.54) is 10.6 Å². The van der Waals surface area contributed by atoms with Crippen LogP contribution < -0.4 is 10.6 Å². The van der Waals surface area contributed by atoms with Crippen LogP contribution in [0.1, 0.15) is 22.3 Å². The summed E-state index contributed by atoms with van der Waals surface area (Å²) in [7, 11) is 0.777. The van der Waals surface area contributed by atoms with E-state index in [4.69, 9.17) is 4.74 Å². The minimum absolute atomic E-state index is 0.591. The molecule has 0 unspecified atom stereocenters. The van der Waals surface area contributed by atoms with Crippen LogP contribution in [0.4, 0.5) is 0 Å². The third kappa shape index (κ3) is 7.46. The highest BCUT2D eigenvalue weighted by Crippen LogP contribution is 2.15. The molecule has 160 valence electrons. The molecule has 0 spiro atoms. The molecule has 0 bridgehead atoms. The molecular weight excluding hydrogens is 407 g/mol. The predicted octanol–water partition coefficient (Wildman–Crippen LogP) is 7.01. The zero-order valence-corrected chi connectivity index (χ0v) is 19.3. The van der Waals surface area contributed by atoms with Gasteiger partial charge in [0, 0.05) is 0 Å². The van der Waals surface area contributed by atoms with Crippen LogP contribution in [0.2, 0.25) is 0 Å². The van der Waals surface area contributed by atoms with E-state index >= 15 is 0 Å². The number of hydrogen-bond donors (Lipinski definition) is 0. The minimum atomic E-state index is 0.591. The number of rotatable bonds is 8. The van der Waals surface area contributed by atoms with Gasteiger partial charge in [-0.15, -0.1) is 0 Å². The molecule has 0 aliphatic carbocycles. The largest absolute Gasteiger partial charge is 0.372 e. The fraction of sp³-hybridized carbons (Fsp3) is 0.0667. The van der Waals surface area contributed by atoms with Gasteiger partial charge in [0.05, 0.1) is 13.2 Å². The summed E-state index contributed by atoms with van der Waals surface area (Å²) in [6, 6.07) is 37.4. The van der Waals surface area contributed by atoms with Gasteiger partial charge in [-0.2, -0.15) is 0 Å². The van der Waals surface area contributed by atoms with Gasteiger partial charge in [0.1, 0.15) is 0 Å². The summed E-state index contributed by atoms with van der Waals surface area (Å²) in [5.74, 6) is 0. The summed E-state index contributed by atoms with van der Waals surface area (Å²) in [5, 5.41) is 2.79. The quantitative estimate of drug-likeness (QED) is 0.270. The van der Waals surface area contributed by atoms with Crippen molar-refractivity contribution >= 4 is 31.3 Å². The molecule has 0 heterocycles. The average Bonchev–Trinajstić information content (AvgIpc) is 2.86. The lowest BCUT2D eigenvalue weighted by molar-refractivity contribution is 0.107. The van der Waals surface area contributed by atoms with Crippen LogP contribution in [0.15, 0.2) is 122 Å². The van der Waals surface area contributed by atoms with E-state index in [-0.39, 0.29) is 0 Å². The van der Waals surface area contributed by atoms with Crippen LogP contribution in [-0.2, 0) is 18.0 Å². The van der Waals surface area contributed by atoms with Crippen LogP contribution >= 0.6 is 8.58 Å². The van der Waals surface area contributed by atoms with E-state index < -0.39 is 0 Å². The summed E-state index contributed by atoms with van der Waals surface area (Å²) in [6.07, 6.45) is 3.72. The van der Waals surface area contributed by atoms with Crippen molar-refractivity contribution in [2.45, 2.75) is 13.2 Å². The van der Waals surface area contributed by atoms with Gasteiger partial charge < -0.3 is 4.74 Å². The number of hydrogen-bond acceptors (Lipinski definition) is 1. The van der Waals surface area contributed by atoms with E-state index in [0.717, 1.165) is 30.8 Å². The Morgan fingerprint density at radius 2 is 0.906 bits per heavy atom. The maximum atomic E-state index is 5.80. The van der Waals surface area contributed by atoms with Gasteiger partial charge in [-0.25, -0.2) is 0 Å². The van der Waals surface area contributed by atoms with Crippen LogP contribution in [0.5, 0.6) is 0 Å². The van der Waals surface area contributed by atoms with Gasteiger partial charge in [-0.1, -0.05) is 143 Å². The van der Waals surface area contributed by atoms with E-state index in [9.17, 15) is 0 Å². The molecule has 0 saturated carbocycles. The molecule has 0 amide bonds. The lowest BCUT2D eigenvalue weighted by atomic mass is 10.1.